The van der Waals surface area contributed by atoms with Gasteiger partial charge in [-0.25, -0.2) is 0 Å². The third-order valence-corrected chi connectivity index (χ3v) is 5.55. The van der Waals surface area contributed by atoms with E-state index in [9.17, 15) is 14.4 Å². The van der Waals surface area contributed by atoms with Crippen LogP contribution in [0.15, 0.2) is 17.2 Å². The first-order valence-electron chi connectivity index (χ1n) is 7.45. The fourth-order valence-electron chi connectivity index (χ4n) is 3.11. The molecule has 1 unspecified atom stereocenters. The van der Waals surface area contributed by atoms with Crippen molar-refractivity contribution < 1.29 is 14.4 Å². The minimum Gasteiger partial charge on any atom is -0.312 e. The van der Waals surface area contributed by atoms with Gasteiger partial charge in [-0.1, -0.05) is 12.1 Å². The number of hydrazone groups is 1. The van der Waals surface area contributed by atoms with E-state index in [0.717, 1.165) is 28.6 Å². The van der Waals surface area contributed by atoms with Crippen LogP contribution in [-0.2, 0) is 19.3 Å². The number of amidine groups is 1. The molecule has 7 nitrogen and oxygen atoms in total. The van der Waals surface area contributed by atoms with Gasteiger partial charge in [-0.3, -0.25) is 14.4 Å². The van der Waals surface area contributed by atoms with Crippen LogP contribution >= 0.6 is 11.8 Å². The van der Waals surface area contributed by atoms with E-state index in [1.807, 2.05) is 26.0 Å². The van der Waals surface area contributed by atoms with Gasteiger partial charge in [0, 0.05) is 26.5 Å². The van der Waals surface area contributed by atoms with Crippen LogP contribution in [0, 0.1) is 13.8 Å². The molecular formula is C16H18N4O3S. The second-order valence-corrected chi connectivity index (χ2v) is 7.11. The molecule has 1 aromatic carbocycles. The zero-order chi connectivity index (χ0) is 17.8. The van der Waals surface area contributed by atoms with Crippen molar-refractivity contribution in [2.45, 2.75) is 32.6 Å². The molecule has 0 saturated heterocycles. The number of nitrogens with one attached hydrogen (secondary N) is 1. The molecule has 8 heteroatoms. The summed E-state index contributed by atoms with van der Waals surface area (Å²) in [7, 11) is 1.69. The van der Waals surface area contributed by atoms with Crippen molar-refractivity contribution in [1.82, 2.24) is 10.3 Å². The first-order valence-corrected chi connectivity index (χ1v) is 8.26. The number of likely N-dealkylation sites (N-methyl/N-ethyl adjacent to an activating group) is 1. The highest BCUT2D eigenvalue weighted by Crippen LogP contribution is 2.55. The SMILES string of the molecule is CC(=O)NC1=NN(C(C)=O)C2(S1)C(=O)N(C)c1c2ccc(C)c1C. The van der Waals surface area contributed by atoms with Gasteiger partial charge in [0.1, 0.15) is 0 Å². The number of hydrogen-bond acceptors (Lipinski definition) is 5. The number of rotatable bonds is 0. The maximum absolute atomic E-state index is 13.1. The predicted molar refractivity (Wildman–Crippen MR) is 92.4 cm³/mol. The lowest BCUT2D eigenvalue weighted by Crippen LogP contribution is -2.47. The van der Waals surface area contributed by atoms with Crippen LogP contribution in [0.5, 0.6) is 0 Å². The molecule has 0 saturated carbocycles. The molecule has 0 radical (unpaired) electrons. The van der Waals surface area contributed by atoms with E-state index >= 15 is 0 Å². The van der Waals surface area contributed by atoms with Crippen molar-refractivity contribution in [3.63, 3.8) is 0 Å². The number of benzene rings is 1. The van der Waals surface area contributed by atoms with E-state index in [1.54, 1.807) is 11.9 Å². The number of carbonyl (C=O) groups excluding carboxylic acids is 3. The Hall–Kier alpha value is -2.35. The van der Waals surface area contributed by atoms with E-state index < -0.39 is 4.87 Å². The number of fused-ring (bicyclic) bond motifs is 2. The summed E-state index contributed by atoms with van der Waals surface area (Å²) >= 11 is 1.09. The Labute approximate surface area is 144 Å². The van der Waals surface area contributed by atoms with Crippen molar-refractivity contribution in [2.24, 2.45) is 5.10 Å². The van der Waals surface area contributed by atoms with E-state index in [4.69, 9.17) is 0 Å². The summed E-state index contributed by atoms with van der Waals surface area (Å²) in [5.41, 5.74) is 3.54. The lowest BCUT2D eigenvalue weighted by molar-refractivity contribution is -0.139. The normalized spacial score (nSPS) is 22.0. The topological polar surface area (TPSA) is 82.1 Å². The summed E-state index contributed by atoms with van der Waals surface area (Å²) in [6.07, 6.45) is 0. The van der Waals surface area contributed by atoms with Crippen molar-refractivity contribution in [3.8, 4) is 0 Å². The lowest BCUT2D eigenvalue weighted by atomic mass is 10.00. The molecule has 24 heavy (non-hydrogen) atoms. The molecule has 1 spiro atoms. The summed E-state index contributed by atoms with van der Waals surface area (Å²) in [5, 5.41) is 8.17. The first-order chi connectivity index (χ1) is 11.2. The predicted octanol–water partition coefficient (Wildman–Crippen LogP) is 1.44. The molecule has 0 fully saturated rings. The number of thioether (sulfide) groups is 1. The average molecular weight is 346 g/mol. The molecule has 3 rings (SSSR count). The molecule has 1 N–H and O–H groups in total. The zero-order valence-electron chi connectivity index (χ0n) is 14.1. The van der Waals surface area contributed by atoms with Gasteiger partial charge in [-0.15, -0.1) is 5.10 Å². The summed E-state index contributed by atoms with van der Waals surface area (Å²) in [5.74, 6) is -0.924. The highest BCUT2D eigenvalue weighted by molar-refractivity contribution is 8.15. The Kier molecular flexibility index (Phi) is 3.67. The Morgan fingerprint density at radius 1 is 1.25 bits per heavy atom. The van der Waals surface area contributed by atoms with E-state index in [0.29, 0.717) is 5.56 Å². The molecule has 126 valence electrons. The number of amides is 3. The van der Waals surface area contributed by atoms with Gasteiger partial charge in [0.05, 0.1) is 5.69 Å². The quantitative estimate of drug-likeness (QED) is 0.770. The van der Waals surface area contributed by atoms with Crippen LogP contribution in [0.4, 0.5) is 5.69 Å². The molecular weight excluding hydrogens is 328 g/mol. The molecule has 0 aliphatic carbocycles. The lowest BCUT2D eigenvalue weighted by Gasteiger charge is -2.29. The fourth-order valence-corrected chi connectivity index (χ4v) is 4.46. The second kappa shape index (κ2) is 5.34. The molecule has 2 aliphatic heterocycles. The van der Waals surface area contributed by atoms with Crippen LogP contribution in [0.2, 0.25) is 0 Å². The number of nitrogens with zero attached hydrogens (tertiary/aromatic N) is 3. The van der Waals surface area contributed by atoms with Crippen LogP contribution in [0.25, 0.3) is 0 Å². The molecule has 1 atom stereocenters. The van der Waals surface area contributed by atoms with Gasteiger partial charge < -0.3 is 10.2 Å². The van der Waals surface area contributed by atoms with Crippen molar-refractivity contribution in [3.05, 3.63) is 28.8 Å². The van der Waals surface area contributed by atoms with Crippen LogP contribution < -0.4 is 10.2 Å². The zero-order valence-corrected chi connectivity index (χ0v) is 14.9. The maximum atomic E-state index is 13.1. The number of aryl methyl sites for hydroxylation is 1. The third-order valence-electron chi connectivity index (χ3n) is 4.31. The van der Waals surface area contributed by atoms with Gasteiger partial charge >= 0.3 is 0 Å². The summed E-state index contributed by atoms with van der Waals surface area (Å²) in [4.78, 5) is 36.9. The van der Waals surface area contributed by atoms with Gasteiger partial charge in [0.15, 0.2) is 5.17 Å². The van der Waals surface area contributed by atoms with Crippen molar-refractivity contribution in [1.29, 1.82) is 0 Å². The molecule has 1 aromatic rings. The van der Waals surface area contributed by atoms with Crippen molar-refractivity contribution >= 4 is 40.3 Å². The molecule has 0 aromatic heterocycles. The number of carbonyl (C=O) groups is 3. The first kappa shape index (κ1) is 16.5. The summed E-state index contributed by atoms with van der Waals surface area (Å²) in [6.45, 7) is 6.64. The molecule has 2 heterocycles. The molecule has 2 aliphatic rings. The van der Waals surface area contributed by atoms with Crippen molar-refractivity contribution in [2.75, 3.05) is 11.9 Å². The van der Waals surface area contributed by atoms with Gasteiger partial charge in [-0.2, -0.15) is 5.01 Å². The Morgan fingerprint density at radius 2 is 1.92 bits per heavy atom. The van der Waals surface area contributed by atoms with E-state index in [-0.39, 0.29) is 22.9 Å². The molecule has 0 bridgehead atoms. The standard InChI is InChI=1S/C16H18N4O3S/c1-8-6-7-12-13(9(8)2)19(5)14(23)16(12)20(11(4)22)18-15(24-16)17-10(3)21/h6-7H,1-5H3,(H,17,18,21). The smallest absolute Gasteiger partial charge is 0.270 e. The molecule has 3 amide bonds. The van der Waals surface area contributed by atoms with Crippen LogP contribution in [0.3, 0.4) is 0 Å². The minimum absolute atomic E-state index is 0.241. The minimum atomic E-state index is -1.30. The monoisotopic (exact) mass is 346 g/mol. The largest absolute Gasteiger partial charge is 0.312 e. The van der Waals surface area contributed by atoms with Gasteiger partial charge in [0.25, 0.3) is 5.91 Å². The fraction of sp³-hybridized carbons (Fsp3) is 0.375. The number of hydrogen-bond donors (Lipinski definition) is 1. The Balaban J connectivity index is 2.21. The van der Waals surface area contributed by atoms with E-state index in [1.165, 1.54) is 18.9 Å². The summed E-state index contributed by atoms with van der Waals surface area (Å²) in [6, 6.07) is 3.78. The highest BCUT2D eigenvalue weighted by Gasteiger charge is 2.60. The maximum Gasteiger partial charge on any atom is 0.270 e. The Bertz CT molecular complexity index is 820. The van der Waals surface area contributed by atoms with Crippen LogP contribution in [0.1, 0.15) is 30.5 Å². The van der Waals surface area contributed by atoms with E-state index in [2.05, 4.69) is 10.4 Å². The second-order valence-electron chi connectivity index (χ2n) is 5.93. The highest BCUT2D eigenvalue weighted by atomic mass is 32.2. The van der Waals surface area contributed by atoms with Gasteiger partial charge in [0.2, 0.25) is 16.7 Å². The van der Waals surface area contributed by atoms with Gasteiger partial charge in [-0.05, 0) is 36.7 Å². The van der Waals surface area contributed by atoms with Crippen LogP contribution in [-0.4, -0.2) is 34.9 Å². The number of anilines is 1. The third kappa shape index (κ3) is 2.06. The Morgan fingerprint density at radius 3 is 2.50 bits per heavy atom. The average Bonchev–Trinajstić information content (AvgIpc) is 2.96. The summed E-state index contributed by atoms with van der Waals surface area (Å²) < 4.78 is 0.